The first kappa shape index (κ1) is 40.8. The van der Waals surface area contributed by atoms with Crippen LogP contribution in [0.5, 0.6) is 0 Å². The fraction of sp³-hybridized carbons (Fsp3) is 0.391. The van der Waals surface area contributed by atoms with Crippen molar-refractivity contribution in [2.45, 2.75) is 118 Å². The second-order valence-electron chi connectivity index (χ2n) is 18.2. The van der Waals surface area contributed by atoms with Gasteiger partial charge in [-0.1, -0.05) is 0 Å². The van der Waals surface area contributed by atoms with E-state index in [2.05, 4.69) is 180 Å². The molecule has 0 saturated heterocycles. The zero-order valence-electron chi connectivity index (χ0n) is 32.5. The van der Waals surface area contributed by atoms with E-state index in [0.717, 1.165) is 12.8 Å². The number of hydrogen-bond donors (Lipinski definition) is 0. The number of allylic oxidation sites excluding steroid dienone is 4. The van der Waals surface area contributed by atoms with E-state index in [4.69, 9.17) is 0 Å². The quantitative estimate of drug-likeness (QED) is 0.159. The number of rotatable bonds is 4. The number of fused-ring (bicyclic) bond motifs is 3. The zero-order chi connectivity index (χ0) is 34.8. The average molecular weight is 801 g/mol. The van der Waals surface area contributed by atoms with E-state index < -0.39 is 25.8 Å². The van der Waals surface area contributed by atoms with Gasteiger partial charge in [-0.3, -0.25) is 0 Å². The third kappa shape index (κ3) is 7.86. The molecule has 0 atom stereocenters. The Morgan fingerprint density at radius 1 is 0.560 bits per heavy atom. The van der Waals surface area contributed by atoms with Crippen molar-refractivity contribution >= 4 is 43.9 Å². The maximum Gasteiger partial charge on any atom is -0.147 e. The fourth-order valence-electron chi connectivity index (χ4n) is 8.01. The molecule has 0 fully saturated rings. The molecule has 4 aromatic rings. The Bertz CT molecular complexity index is 1930. The first-order valence-corrected chi connectivity index (χ1v) is 25.6. The molecule has 264 valence electrons. The molecule has 0 radical (unpaired) electrons. The Hall–Kier alpha value is -1.96. The van der Waals surface area contributed by atoms with Crippen LogP contribution in [0.3, 0.4) is 0 Å². The van der Waals surface area contributed by atoms with E-state index in [9.17, 15) is 0 Å². The summed E-state index contributed by atoms with van der Waals surface area (Å²) < 4.78 is 3.58. The van der Waals surface area contributed by atoms with E-state index in [0.29, 0.717) is 0 Å². The zero-order valence-corrected chi connectivity index (χ0v) is 37.6. The standard InChI is InChI=1S/C29H41.C12H10Si.C5H5.2ClH.Zr/c1-26(2,3)22-14-18-13-19-15-23(27(4,5)6)25(29(10,11)12)17-21(19)20(18)16-24(22)28(7,8)9;1-3-7-11(8-4-1)13-12-9-5-2-6-10-12;1-2-4-5-3-1;;;/h14,16-17H,13H2,1-12H3;1-10H;1-3H,4H2;2*1H;. The number of hydrogen-bond acceptors (Lipinski definition) is 0. The van der Waals surface area contributed by atoms with Crippen LogP contribution < -0.4 is 13.6 Å². The van der Waals surface area contributed by atoms with Gasteiger partial charge < -0.3 is 0 Å². The van der Waals surface area contributed by atoms with Crippen LogP contribution in [-0.2, 0) is 48.4 Å². The van der Waals surface area contributed by atoms with Crippen molar-refractivity contribution < 1.29 is 20.4 Å². The van der Waals surface area contributed by atoms with Crippen molar-refractivity contribution in [2.24, 2.45) is 0 Å². The molecular weight excluding hydrogens is 743 g/mol. The minimum Gasteiger partial charge on any atom is -0.147 e. The summed E-state index contributed by atoms with van der Waals surface area (Å²) in [5.41, 5.74) is 11.5. The molecule has 6 rings (SSSR count). The molecule has 50 heavy (non-hydrogen) atoms. The topological polar surface area (TPSA) is 0 Å². The van der Waals surface area contributed by atoms with E-state index in [1.807, 2.05) is 3.27 Å². The Morgan fingerprint density at radius 3 is 1.48 bits per heavy atom. The summed E-state index contributed by atoms with van der Waals surface area (Å²) in [7, 11) is 0. The Balaban J connectivity index is 0.00000281. The molecule has 0 spiro atoms. The molecule has 0 nitrogen and oxygen atoms in total. The molecule has 0 aliphatic heterocycles. The Labute approximate surface area is 324 Å². The molecule has 0 saturated carbocycles. The van der Waals surface area contributed by atoms with E-state index in [1.54, 1.807) is 30.3 Å². The summed E-state index contributed by atoms with van der Waals surface area (Å²) in [6.07, 6.45) is 9.48. The fourth-order valence-corrected chi connectivity index (χ4v) is 29.6. The predicted octanol–water partition coefficient (Wildman–Crippen LogP) is 11.2. The minimum absolute atomic E-state index is 0. The number of benzene rings is 4. The van der Waals surface area contributed by atoms with Gasteiger partial charge in [-0.05, 0) is 0 Å². The van der Waals surface area contributed by atoms with Gasteiger partial charge in [-0.15, -0.1) is 24.8 Å². The molecule has 0 amide bonds. The molecule has 0 heterocycles. The van der Waals surface area contributed by atoms with Crippen LogP contribution >= 0.6 is 24.8 Å². The normalized spacial score (nSPS) is 14.0. The van der Waals surface area contributed by atoms with Crippen molar-refractivity contribution in [3.8, 4) is 11.1 Å². The van der Waals surface area contributed by atoms with Crippen molar-refractivity contribution in [1.29, 1.82) is 0 Å². The van der Waals surface area contributed by atoms with Crippen LogP contribution in [0.25, 0.3) is 11.1 Å². The number of halogens is 2. The molecule has 2 aliphatic carbocycles. The van der Waals surface area contributed by atoms with E-state index in [1.165, 1.54) is 27.8 Å². The first-order valence-electron chi connectivity index (χ1n) is 18.0. The molecule has 0 bridgehead atoms. The average Bonchev–Trinajstić information content (AvgIpc) is 3.65. The summed E-state index contributed by atoms with van der Waals surface area (Å²) in [6.45, 7) is 29.2. The summed E-state index contributed by atoms with van der Waals surface area (Å²) in [5, 5.41) is 3.15. The molecule has 4 aromatic carbocycles. The van der Waals surface area contributed by atoms with Gasteiger partial charge in [0.1, 0.15) is 0 Å². The van der Waals surface area contributed by atoms with Crippen LogP contribution in [0.4, 0.5) is 0 Å². The second-order valence-corrected chi connectivity index (χ2v) is 31.4. The second kappa shape index (κ2) is 14.8. The van der Waals surface area contributed by atoms with Gasteiger partial charge in [-0.2, -0.15) is 0 Å². The largest absolute Gasteiger partial charge is 0.147 e. The Morgan fingerprint density at radius 2 is 1.04 bits per heavy atom. The van der Waals surface area contributed by atoms with Crippen LogP contribution in [0, 0.1) is 0 Å². The third-order valence-corrected chi connectivity index (χ3v) is 28.9. The summed E-state index contributed by atoms with van der Waals surface area (Å²) >= 11 is -2.70. The maximum absolute atomic E-state index is 2.70. The van der Waals surface area contributed by atoms with Gasteiger partial charge in [0.05, 0.1) is 0 Å². The van der Waals surface area contributed by atoms with Crippen molar-refractivity contribution in [3.63, 3.8) is 0 Å². The van der Waals surface area contributed by atoms with Crippen LogP contribution in [0.2, 0.25) is 0 Å². The van der Waals surface area contributed by atoms with Gasteiger partial charge in [0.25, 0.3) is 0 Å². The molecule has 4 heteroatoms. The van der Waals surface area contributed by atoms with E-state index >= 15 is 0 Å². The summed E-state index contributed by atoms with van der Waals surface area (Å²) in [4.78, 5) is 0. The smallest absolute Gasteiger partial charge is 0.147 e. The molecule has 0 N–H and O–H groups in total. The van der Waals surface area contributed by atoms with Crippen molar-refractivity contribution in [3.05, 3.63) is 134 Å². The SMILES string of the molecule is CC(C)(C)c1cc2c(cc1C(C)(C)C)-c1cc(C(C)(C)C)c(C(C)(C)C)[c]([Zr]([C]3=CC=CC3)=[Si](c3ccccc3)c3ccccc3)c1C2.Cl.Cl. The predicted molar refractivity (Wildman–Crippen MR) is 223 cm³/mol. The van der Waals surface area contributed by atoms with Gasteiger partial charge in [0, 0.05) is 0 Å². The molecule has 0 unspecified atom stereocenters. The van der Waals surface area contributed by atoms with Crippen LogP contribution in [-0.4, -0.2) is 5.43 Å². The van der Waals surface area contributed by atoms with Gasteiger partial charge in [0.15, 0.2) is 0 Å². The third-order valence-electron chi connectivity index (χ3n) is 10.2. The first-order chi connectivity index (χ1) is 22.4. The van der Waals surface area contributed by atoms with Gasteiger partial charge in [0.2, 0.25) is 0 Å². The van der Waals surface area contributed by atoms with Crippen LogP contribution in [0.15, 0.2) is 100 Å². The van der Waals surface area contributed by atoms with Crippen molar-refractivity contribution in [1.82, 2.24) is 0 Å². The van der Waals surface area contributed by atoms with Crippen LogP contribution in [0.1, 0.15) is 123 Å². The summed E-state index contributed by atoms with van der Waals surface area (Å²) in [6, 6.07) is 31.2. The molecule has 0 aromatic heterocycles. The van der Waals surface area contributed by atoms with E-state index in [-0.39, 0.29) is 46.5 Å². The Kier molecular flexibility index (Phi) is 12.1. The summed E-state index contributed by atoms with van der Waals surface area (Å²) in [5.74, 6) is 0. The van der Waals surface area contributed by atoms with Gasteiger partial charge in [-0.25, -0.2) is 0 Å². The monoisotopic (exact) mass is 798 g/mol. The minimum atomic E-state index is -2.70. The molecule has 2 aliphatic rings. The molecular formula is C46H58Cl2SiZr. The van der Waals surface area contributed by atoms with Crippen molar-refractivity contribution in [2.75, 3.05) is 0 Å². The maximum atomic E-state index is 2.66. The van der Waals surface area contributed by atoms with Gasteiger partial charge >= 0.3 is 302 Å².